The van der Waals surface area contributed by atoms with Gasteiger partial charge in [0.25, 0.3) is 0 Å². The Labute approximate surface area is 187 Å². The summed E-state index contributed by atoms with van der Waals surface area (Å²) in [5.74, 6) is 0.428. The standard InChI is InChI=1S/C22H30N6O4/c1-15-5-4-6-18(17(15)3)24-20(29)12-23-21(30)13-27-7-9-28(10-8-27)14-22(31)25-19-11-16(2)32-26-19/h4-6,11H,7-10,12-14H2,1-3H3,(H,23,30)(H,24,29)(H,25,26,31). The second-order valence-corrected chi connectivity index (χ2v) is 8.00. The molecule has 3 N–H and O–H groups in total. The van der Waals surface area contributed by atoms with Crippen LogP contribution in [0.5, 0.6) is 0 Å². The van der Waals surface area contributed by atoms with Crippen molar-refractivity contribution in [3.63, 3.8) is 0 Å². The molecule has 10 nitrogen and oxygen atoms in total. The van der Waals surface area contributed by atoms with Gasteiger partial charge in [-0.3, -0.25) is 24.2 Å². The summed E-state index contributed by atoms with van der Waals surface area (Å²) in [5.41, 5.74) is 2.86. The van der Waals surface area contributed by atoms with Gasteiger partial charge in [0.1, 0.15) is 5.76 Å². The highest BCUT2D eigenvalue weighted by atomic mass is 16.5. The van der Waals surface area contributed by atoms with Gasteiger partial charge in [-0.1, -0.05) is 17.3 Å². The number of carbonyl (C=O) groups excluding carboxylic acids is 3. The Morgan fingerprint density at radius 1 is 0.938 bits per heavy atom. The number of amides is 3. The van der Waals surface area contributed by atoms with Gasteiger partial charge in [-0.25, -0.2) is 0 Å². The van der Waals surface area contributed by atoms with Gasteiger partial charge in [-0.05, 0) is 38.0 Å². The molecule has 0 atom stereocenters. The fraction of sp³-hybridized carbons (Fsp3) is 0.455. The number of nitrogens with one attached hydrogen (secondary N) is 3. The molecule has 172 valence electrons. The third-order valence-electron chi connectivity index (χ3n) is 5.42. The Morgan fingerprint density at radius 3 is 2.22 bits per heavy atom. The first-order chi connectivity index (χ1) is 15.3. The van der Waals surface area contributed by atoms with Crippen molar-refractivity contribution in [2.75, 3.05) is 56.4 Å². The van der Waals surface area contributed by atoms with Crippen molar-refractivity contribution in [1.82, 2.24) is 20.3 Å². The van der Waals surface area contributed by atoms with Gasteiger partial charge >= 0.3 is 0 Å². The lowest BCUT2D eigenvalue weighted by molar-refractivity contribution is -0.125. The normalized spacial score (nSPS) is 14.7. The van der Waals surface area contributed by atoms with Gasteiger partial charge in [0.15, 0.2) is 5.82 Å². The molecule has 0 radical (unpaired) electrons. The number of anilines is 2. The summed E-state index contributed by atoms with van der Waals surface area (Å²) in [7, 11) is 0. The molecule has 0 aliphatic carbocycles. The van der Waals surface area contributed by atoms with E-state index in [0.29, 0.717) is 37.8 Å². The molecule has 1 aliphatic heterocycles. The van der Waals surface area contributed by atoms with Crippen molar-refractivity contribution in [3.8, 4) is 0 Å². The first-order valence-electron chi connectivity index (χ1n) is 10.6. The Kier molecular flexibility index (Phi) is 7.96. The summed E-state index contributed by atoms with van der Waals surface area (Å²) < 4.78 is 4.93. The van der Waals surface area contributed by atoms with Crippen molar-refractivity contribution >= 4 is 29.2 Å². The molecular formula is C22H30N6O4. The molecule has 0 bridgehead atoms. The lowest BCUT2D eigenvalue weighted by Crippen LogP contribution is -2.51. The topological polar surface area (TPSA) is 120 Å². The van der Waals surface area contributed by atoms with Crippen LogP contribution < -0.4 is 16.0 Å². The molecule has 10 heteroatoms. The van der Waals surface area contributed by atoms with Gasteiger partial charge in [0.05, 0.1) is 19.6 Å². The molecule has 1 aromatic carbocycles. The van der Waals surface area contributed by atoms with Crippen LogP contribution in [0.2, 0.25) is 0 Å². The van der Waals surface area contributed by atoms with E-state index in [-0.39, 0.29) is 37.4 Å². The van der Waals surface area contributed by atoms with Gasteiger partial charge in [-0.2, -0.15) is 0 Å². The maximum atomic E-state index is 12.2. The molecule has 3 amide bonds. The van der Waals surface area contributed by atoms with Crippen molar-refractivity contribution in [2.45, 2.75) is 20.8 Å². The van der Waals surface area contributed by atoms with Gasteiger partial charge in [0.2, 0.25) is 17.7 Å². The zero-order chi connectivity index (χ0) is 23.1. The van der Waals surface area contributed by atoms with Crippen LogP contribution in [0, 0.1) is 20.8 Å². The van der Waals surface area contributed by atoms with E-state index in [2.05, 4.69) is 21.1 Å². The number of aromatic nitrogens is 1. The number of benzene rings is 1. The van der Waals surface area contributed by atoms with Crippen LogP contribution in [0.1, 0.15) is 16.9 Å². The minimum atomic E-state index is -0.259. The summed E-state index contributed by atoms with van der Waals surface area (Å²) in [6, 6.07) is 7.37. The second-order valence-electron chi connectivity index (χ2n) is 8.00. The third-order valence-corrected chi connectivity index (χ3v) is 5.42. The first kappa shape index (κ1) is 23.4. The monoisotopic (exact) mass is 442 g/mol. The third kappa shape index (κ3) is 6.89. The molecule has 1 aromatic heterocycles. The van der Waals surface area contributed by atoms with E-state index in [1.165, 1.54) is 0 Å². The molecule has 0 saturated carbocycles. The molecule has 0 spiro atoms. The maximum Gasteiger partial charge on any atom is 0.243 e. The van der Waals surface area contributed by atoms with Crippen LogP contribution in [0.3, 0.4) is 0 Å². The van der Waals surface area contributed by atoms with E-state index in [0.717, 1.165) is 16.8 Å². The van der Waals surface area contributed by atoms with E-state index < -0.39 is 0 Å². The molecule has 32 heavy (non-hydrogen) atoms. The van der Waals surface area contributed by atoms with Gasteiger partial charge in [0, 0.05) is 37.9 Å². The van der Waals surface area contributed by atoms with Gasteiger partial charge < -0.3 is 20.5 Å². The molecule has 1 saturated heterocycles. The van der Waals surface area contributed by atoms with Crippen molar-refractivity contribution in [1.29, 1.82) is 0 Å². The van der Waals surface area contributed by atoms with Crippen LogP contribution >= 0.6 is 0 Å². The Morgan fingerprint density at radius 2 is 1.59 bits per heavy atom. The Bertz CT molecular complexity index is 965. The molecule has 2 heterocycles. The summed E-state index contributed by atoms with van der Waals surface area (Å²) >= 11 is 0. The van der Waals surface area contributed by atoms with Crippen LogP contribution in [0.25, 0.3) is 0 Å². The lowest BCUT2D eigenvalue weighted by Gasteiger charge is -2.33. The highest BCUT2D eigenvalue weighted by molar-refractivity contribution is 5.95. The average Bonchev–Trinajstić information content (AvgIpc) is 3.15. The highest BCUT2D eigenvalue weighted by Crippen LogP contribution is 2.17. The maximum absolute atomic E-state index is 12.2. The largest absolute Gasteiger partial charge is 0.360 e. The molecule has 1 aliphatic rings. The second kappa shape index (κ2) is 10.9. The van der Waals surface area contributed by atoms with E-state index in [4.69, 9.17) is 4.52 Å². The van der Waals surface area contributed by atoms with Crippen molar-refractivity contribution in [3.05, 3.63) is 41.2 Å². The van der Waals surface area contributed by atoms with Crippen LogP contribution in [-0.2, 0) is 14.4 Å². The molecule has 3 rings (SSSR count). The minimum Gasteiger partial charge on any atom is -0.360 e. The SMILES string of the molecule is Cc1cc(NC(=O)CN2CCN(CC(=O)NCC(=O)Nc3cccc(C)c3C)CC2)no1. The molecular weight excluding hydrogens is 412 g/mol. The quantitative estimate of drug-likeness (QED) is 0.556. The van der Waals surface area contributed by atoms with E-state index in [1.807, 2.05) is 41.8 Å². The zero-order valence-corrected chi connectivity index (χ0v) is 18.7. The number of hydrogen-bond donors (Lipinski definition) is 3. The number of aryl methyl sites for hydroxylation is 2. The van der Waals surface area contributed by atoms with E-state index >= 15 is 0 Å². The first-order valence-corrected chi connectivity index (χ1v) is 10.6. The fourth-order valence-electron chi connectivity index (χ4n) is 3.44. The minimum absolute atomic E-state index is 0.0755. The molecule has 0 unspecified atom stereocenters. The van der Waals surface area contributed by atoms with Crippen molar-refractivity contribution in [2.24, 2.45) is 0 Å². The Balaban J connectivity index is 1.33. The highest BCUT2D eigenvalue weighted by Gasteiger charge is 2.21. The van der Waals surface area contributed by atoms with Crippen LogP contribution in [0.15, 0.2) is 28.8 Å². The van der Waals surface area contributed by atoms with Crippen LogP contribution in [0.4, 0.5) is 11.5 Å². The number of hydrogen-bond acceptors (Lipinski definition) is 7. The fourth-order valence-corrected chi connectivity index (χ4v) is 3.44. The number of rotatable bonds is 8. The van der Waals surface area contributed by atoms with E-state index in [9.17, 15) is 14.4 Å². The predicted octanol–water partition coefficient (Wildman–Crippen LogP) is 0.911. The molecule has 1 fully saturated rings. The van der Waals surface area contributed by atoms with Crippen molar-refractivity contribution < 1.29 is 18.9 Å². The molecule has 2 aromatic rings. The summed E-state index contributed by atoms with van der Waals surface area (Å²) in [5, 5.41) is 12.0. The Hall–Kier alpha value is -3.24. The zero-order valence-electron chi connectivity index (χ0n) is 18.7. The number of piperazine rings is 1. The summed E-state index contributed by atoms with van der Waals surface area (Å²) in [6.07, 6.45) is 0. The van der Waals surface area contributed by atoms with Gasteiger partial charge in [-0.15, -0.1) is 0 Å². The smallest absolute Gasteiger partial charge is 0.243 e. The summed E-state index contributed by atoms with van der Waals surface area (Å²) in [4.78, 5) is 40.5. The summed E-state index contributed by atoms with van der Waals surface area (Å²) in [6.45, 7) is 8.76. The number of carbonyl (C=O) groups is 3. The predicted molar refractivity (Wildman–Crippen MR) is 120 cm³/mol. The van der Waals surface area contributed by atoms with Crippen LogP contribution in [-0.4, -0.2) is 78.5 Å². The number of nitrogens with zero attached hydrogens (tertiary/aromatic N) is 3. The van der Waals surface area contributed by atoms with E-state index in [1.54, 1.807) is 13.0 Å². The average molecular weight is 443 g/mol. The lowest BCUT2D eigenvalue weighted by atomic mass is 10.1.